The fraction of sp³-hybridized carbons (Fsp3) is 0.263. The van der Waals surface area contributed by atoms with Gasteiger partial charge in [0.05, 0.1) is 31.6 Å². The molecule has 1 aliphatic rings. The predicted molar refractivity (Wildman–Crippen MR) is 94.0 cm³/mol. The topological polar surface area (TPSA) is 65.1 Å². The van der Waals surface area contributed by atoms with E-state index in [1.54, 1.807) is 35.4 Å². The van der Waals surface area contributed by atoms with E-state index in [1.807, 2.05) is 26.0 Å². The SMILES string of the molecule is COC(=O)C1=C(C(=O)OC)N(c2ccccc2OC(C)C)C=CC=C1. The standard InChI is InChI=1S/C19H21NO5/c1-13(2)25-16-11-6-5-10-15(16)20-12-8-7-9-14(18(21)23-3)17(20)19(22)24-4/h5-13H,1-4H3. The first-order chi connectivity index (χ1) is 12.0. The number of carbonyl (C=O) groups is 2. The van der Waals surface area contributed by atoms with Crippen molar-refractivity contribution in [2.75, 3.05) is 19.1 Å². The number of rotatable bonds is 5. The zero-order valence-electron chi connectivity index (χ0n) is 14.7. The lowest BCUT2D eigenvalue weighted by Gasteiger charge is -2.25. The highest BCUT2D eigenvalue weighted by atomic mass is 16.5. The van der Waals surface area contributed by atoms with E-state index in [2.05, 4.69) is 0 Å². The molecule has 132 valence electrons. The van der Waals surface area contributed by atoms with Gasteiger partial charge in [-0.05, 0) is 38.1 Å². The Hall–Kier alpha value is -3.02. The maximum Gasteiger partial charge on any atom is 0.355 e. The maximum atomic E-state index is 12.4. The summed E-state index contributed by atoms with van der Waals surface area (Å²) in [5, 5.41) is 0. The number of para-hydroxylation sites is 2. The number of hydrogen-bond acceptors (Lipinski definition) is 6. The number of nitrogens with zero attached hydrogens (tertiary/aromatic N) is 1. The number of anilines is 1. The first-order valence-electron chi connectivity index (χ1n) is 7.80. The Morgan fingerprint density at radius 1 is 1.00 bits per heavy atom. The molecule has 1 aromatic carbocycles. The minimum absolute atomic E-state index is 0.0548. The van der Waals surface area contributed by atoms with Crippen molar-refractivity contribution in [2.24, 2.45) is 0 Å². The summed E-state index contributed by atoms with van der Waals surface area (Å²) in [6.07, 6.45) is 6.49. The summed E-state index contributed by atoms with van der Waals surface area (Å²) in [6, 6.07) is 7.25. The smallest absolute Gasteiger partial charge is 0.355 e. The number of allylic oxidation sites excluding steroid dienone is 2. The summed E-state index contributed by atoms with van der Waals surface area (Å²) < 4.78 is 15.5. The second kappa shape index (κ2) is 8.19. The average Bonchev–Trinajstić information content (AvgIpc) is 2.83. The van der Waals surface area contributed by atoms with Crippen molar-refractivity contribution in [1.29, 1.82) is 0 Å². The molecule has 0 bridgehead atoms. The molecular weight excluding hydrogens is 322 g/mol. The Balaban J connectivity index is 2.66. The van der Waals surface area contributed by atoms with E-state index in [4.69, 9.17) is 14.2 Å². The van der Waals surface area contributed by atoms with Crippen LogP contribution < -0.4 is 9.64 Å². The zero-order valence-corrected chi connectivity index (χ0v) is 14.7. The van der Waals surface area contributed by atoms with Crippen molar-refractivity contribution in [3.63, 3.8) is 0 Å². The van der Waals surface area contributed by atoms with Gasteiger partial charge in [-0.3, -0.25) is 0 Å². The molecule has 1 aliphatic heterocycles. The van der Waals surface area contributed by atoms with Crippen LogP contribution in [0.3, 0.4) is 0 Å². The molecule has 6 heteroatoms. The van der Waals surface area contributed by atoms with Gasteiger partial charge < -0.3 is 19.1 Å². The van der Waals surface area contributed by atoms with Gasteiger partial charge in [-0.15, -0.1) is 0 Å². The van der Waals surface area contributed by atoms with Gasteiger partial charge in [0.2, 0.25) is 0 Å². The number of esters is 2. The fourth-order valence-electron chi connectivity index (χ4n) is 2.36. The van der Waals surface area contributed by atoms with Gasteiger partial charge in [-0.1, -0.05) is 18.2 Å². The molecule has 1 aromatic rings. The largest absolute Gasteiger partial charge is 0.489 e. The van der Waals surface area contributed by atoms with Gasteiger partial charge in [-0.25, -0.2) is 9.59 Å². The Labute approximate surface area is 147 Å². The lowest BCUT2D eigenvalue weighted by molar-refractivity contribution is -0.139. The van der Waals surface area contributed by atoms with Crippen LogP contribution >= 0.6 is 0 Å². The molecular formula is C19H21NO5. The predicted octanol–water partition coefficient (Wildman–Crippen LogP) is 2.96. The summed E-state index contributed by atoms with van der Waals surface area (Å²) in [7, 11) is 2.52. The Bertz CT molecular complexity index is 746. The molecule has 1 heterocycles. The van der Waals surface area contributed by atoms with Gasteiger partial charge in [-0.2, -0.15) is 0 Å². The molecule has 25 heavy (non-hydrogen) atoms. The van der Waals surface area contributed by atoms with E-state index in [9.17, 15) is 9.59 Å². The van der Waals surface area contributed by atoms with Gasteiger partial charge in [0.25, 0.3) is 0 Å². The maximum absolute atomic E-state index is 12.4. The highest BCUT2D eigenvalue weighted by Crippen LogP contribution is 2.34. The highest BCUT2D eigenvalue weighted by Gasteiger charge is 2.28. The minimum atomic E-state index is -0.657. The number of ether oxygens (including phenoxy) is 3. The van der Waals surface area contributed by atoms with Crippen molar-refractivity contribution >= 4 is 17.6 Å². The molecule has 0 amide bonds. The van der Waals surface area contributed by atoms with Gasteiger partial charge in [0.15, 0.2) is 0 Å². The van der Waals surface area contributed by atoms with Crippen LogP contribution in [0.25, 0.3) is 0 Å². The quantitative estimate of drug-likeness (QED) is 0.766. The molecule has 0 spiro atoms. The summed E-state index contributed by atoms with van der Waals surface area (Å²) >= 11 is 0. The van der Waals surface area contributed by atoms with E-state index < -0.39 is 11.9 Å². The molecule has 2 rings (SSSR count). The molecule has 0 aromatic heterocycles. The van der Waals surface area contributed by atoms with Crippen molar-refractivity contribution in [2.45, 2.75) is 20.0 Å². The third-order valence-electron chi connectivity index (χ3n) is 3.38. The molecule has 0 atom stereocenters. The van der Waals surface area contributed by atoms with E-state index in [0.717, 1.165) is 0 Å². The third-order valence-corrected chi connectivity index (χ3v) is 3.38. The number of carbonyl (C=O) groups excluding carboxylic acids is 2. The molecule has 6 nitrogen and oxygen atoms in total. The molecule has 0 fully saturated rings. The first kappa shape index (κ1) is 18.3. The fourth-order valence-corrected chi connectivity index (χ4v) is 2.36. The molecule has 0 radical (unpaired) electrons. The van der Waals surface area contributed by atoms with Gasteiger partial charge in [0, 0.05) is 6.20 Å². The van der Waals surface area contributed by atoms with Crippen molar-refractivity contribution in [3.8, 4) is 5.75 Å². The normalized spacial score (nSPS) is 13.7. The van der Waals surface area contributed by atoms with Crippen LogP contribution in [0.5, 0.6) is 5.75 Å². The second-order valence-corrected chi connectivity index (χ2v) is 5.45. The van der Waals surface area contributed by atoms with Gasteiger partial charge in [0.1, 0.15) is 11.4 Å². The summed E-state index contributed by atoms with van der Waals surface area (Å²) in [5.41, 5.74) is 0.760. The zero-order chi connectivity index (χ0) is 18.4. The van der Waals surface area contributed by atoms with Crippen LogP contribution in [-0.4, -0.2) is 32.3 Å². The van der Waals surface area contributed by atoms with Crippen LogP contribution in [0, 0.1) is 0 Å². The Morgan fingerprint density at radius 3 is 2.32 bits per heavy atom. The van der Waals surface area contributed by atoms with Crippen molar-refractivity contribution in [1.82, 2.24) is 0 Å². The van der Waals surface area contributed by atoms with Crippen LogP contribution in [-0.2, 0) is 19.1 Å². The summed E-state index contributed by atoms with van der Waals surface area (Å²) in [6.45, 7) is 3.82. The number of methoxy groups -OCH3 is 2. The number of hydrogen-bond donors (Lipinski definition) is 0. The Morgan fingerprint density at radius 2 is 1.68 bits per heavy atom. The van der Waals surface area contributed by atoms with Crippen LogP contribution in [0.2, 0.25) is 0 Å². The number of benzene rings is 1. The van der Waals surface area contributed by atoms with E-state index in [1.165, 1.54) is 20.3 Å². The van der Waals surface area contributed by atoms with E-state index >= 15 is 0 Å². The Kier molecular flexibility index (Phi) is 6.00. The van der Waals surface area contributed by atoms with Crippen LogP contribution in [0.1, 0.15) is 13.8 Å². The lowest BCUT2D eigenvalue weighted by Crippen LogP contribution is -2.27. The summed E-state index contributed by atoms with van der Waals surface area (Å²) in [5.74, 6) is -0.710. The van der Waals surface area contributed by atoms with E-state index in [-0.39, 0.29) is 17.4 Å². The van der Waals surface area contributed by atoms with Crippen LogP contribution in [0.15, 0.2) is 60.0 Å². The van der Waals surface area contributed by atoms with E-state index in [0.29, 0.717) is 11.4 Å². The van der Waals surface area contributed by atoms with Crippen molar-refractivity contribution < 1.29 is 23.8 Å². The summed E-state index contributed by atoms with van der Waals surface area (Å²) in [4.78, 5) is 26.2. The second-order valence-electron chi connectivity index (χ2n) is 5.45. The lowest BCUT2D eigenvalue weighted by atomic mass is 10.1. The van der Waals surface area contributed by atoms with Crippen LogP contribution in [0.4, 0.5) is 5.69 Å². The molecule has 0 saturated heterocycles. The molecule has 0 aliphatic carbocycles. The third kappa shape index (κ3) is 4.09. The molecule has 0 saturated carbocycles. The minimum Gasteiger partial charge on any atom is -0.489 e. The molecule has 0 N–H and O–H groups in total. The average molecular weight is 343 g/mol. The van der Waals surface area contributed by atoms with Crippen molar-refractivity contribution in [3.05, 3.63) is 60.0 Å². The van der Waals surface area contributed by atoms with Gasteiger partial charge >= 0.3 is 11.9 Å². The first-order valence-corrected chi connectivity index (χ1v) is 7.80. The highest BCUT2D eigenvalue weighted by molar-refractivity contribution is 6.05. The monoisotopic (exact) mass is 343 g/mol. The molecule has 0 unspecified atom stereocenters.